The van der Waals surface area contributed by atoms with Gasteiger partial charge in [-0.05, 0) is 37.1 Å². The van der Waals surface area contributed by atoms with Crippen LogP contribution in [0.25, 0.3) is 0 Å². The molecule has 1 aliphatic heterocycles. The van der Waals surface area contributed by atoms with Crippen LogP contribution < -0.4 is 14.8 Å². The highest BCUT2D eigenvalue weighted by Gasteiger charge is 2.26. The zero-order valence-electron chi connectivity index (χ0n) is 16.1. The molecule has 2 aromatic rings. The second-order valence-corrected chi connectivity index (χ2v) is 6.75. The number of benzene rings is 2. The number of para-hydroxylation sites is 2. The molecule has 6 heteroatoms. The third-order valence-corrected chi connectivity index (χ3v) is 4.83. The van der Waals surface area contributed by atoms with Crippen molar-refractivity contribution in [3.63, 3.8) is 0 Å². The number of hydrogen-bond donors (Lipinski definition) is 1. The molecule has 0 aliphatic carbocycles. The highest BCUT2D eigenvalue weighted by atomic mass is 16.5. The summed E-state index contributed by atoms with van der Waals surface area (Å²) in [6, 6.07) is 16.8. The largest absolute Gasteiger partial charge is 0.496 e. The van der Waals surface area contributed by atoms with Gasteiger partial charge in [0, 0.05) is 19.1 Å². The minimum atomic E-state index is -0.0292. The monoisotopic (exact) mass is 382 g/mol. The third kappa shape index (κ3) is 5.25. The Morgan fingerprint density at radius 1 is 1.04 bits per heavy atom. The van der Waals surface area contributed by atoms with Gasteiger partial charge in [0.2, 0.25) is 5.91 Å². The van der Waals surface area contributed by atoms with Gasteiger partial charge in [-0.3, -0.25) is 9.59 Å². The van der Waals surface area contributed by atoms with E-state index in [2.05, 4.69) is 5.32 Å². The Morgan fingerprint density at radius 3 is 2.43 bits per heavy atom. The molecule has 1 N–H and O–H groups in total. The second-order valence-electron chi connectivity index (χ2n) is 6.75. The number of rotatable bonds is 7. The van der Waals surface area contributed by atoms with E-state index in [4.69, 9.17) is 9.47 Å². The fourth-order valence-corrected chi connectivity index (χ4v) is 3.30. The van der Waals surface area contributed by atoms with E-state index in [1.807, 2.05) is 47.4 Å². The molecule has 2 amide bonds. The number of nitrogens with zero attached hydrogens (tertiary/aromatic N) is 1. The Kier molecular flexibility index (Phi) is 6.89. The molecule has 0 aromatic heterocycles. The molecule has 0 saturated carbocycles. The van der Waals surface area contributed by atoms with Gasteiger partial charge in [-0.15, -0.1) is 0 Å². The zero-order valence-corrected chi connectivity index (χ0v) is 16.1. The SMILES string of the molecule is COc1ccccc1C(=O)N1CCC(NC(=O)CCOc2ccccc2)CC1. The number of nitrogens with one attached hydrogen (secondary N) is 1. The van der Waals surface area contributed by atoms with Gasteiger partial charge in [0.25, 0.3) is 5.91 Å². The summed E-state index contributed by atoms with van der Waals surface area (Å²) in [6.45, 7) is 1.58. The van der Waals surface area contributed by atoms with Crippen LogP contribution in [0.5, 0.6) is 11.5 Å². The number of methoxy groups -OCH3 is 1. The van der Waals surface area contributed by atoms with Crippen molar-refractivity contribution in [2.24, 2.45) is 0 Å². The number of carbonyl (C=O) groups is 2. The van der Waals surface area contributed by atoms with Crippen molar-refractivity contribution in [2.75, 3.05) is 26.8 Å². The van der Waals surface area contributed by atoms with E-state index in [0.29, 0.717) is 37.4 Å². The first-order valence-corrected chi connectivity index (χ1v) is 9.57. The van der Waals surface area contributed by atoms with Crippen molar-refractivity contribution in [2.45, 2.75) is 25.3 Å². The predicted octanol–water partition coefficient (Wildman–Crippen LogP) is 2.89. The number of piperidine rings is 1. The van der Waals surface area contributed by atoms with E-state index in [9.17, 15) is 9.59 Å². The summed E-state index contributed by atoms with van der Waals surface area (Å²) in [5.74, 6) is 1.30. The van der Waals surface area contributed by atoms with Crippen LogP contribution in [-0.2, 0) is 4.79 Å². The Labute approximate surface area is 165 Å². The number of hydrogen-bond acceptors (Lipinski definition) is 4. The molecule has 1 aliphatic rings. The summed E-state index contributed by atoms with van der Waals surface area (Å²) >= 11 is 0. The van der Waals surface area contributed by atoms with E-state index in [0.717, 1.165) is 18.6 Å². The van der Waals surface area contributed by atoms with Crippen molar-refractivity contribution in [1.82, 2.24) is 10.2 Å². The van der Waals surface area contributed by atoms with Gasteiger partial charge in [-0.2, -0.15) is 0 Å². The summed E-state index contributed by atoms with van der Waals surface area (Å²) in [4.78, 5) is 26.7. The Morgan fingerprint density at radius 2 is 1.71 bits per heavy atom. The molecule has 148 valence electrons. The third-order valence-electron chi connectivity index (χ3n) is 4.83. The molecular formula is C22H26N2O4. The molecule has 0 bridgehead atoms. The number of ether oxygens (including phenoxy) is 2. The maximum absolute atomic E-state index is 12.7. The molecule has 0 spiro atoms. The lowest BCUT2D eigenvalue weighted by Crippen LogP contribution is -2.46. The summed E-state index contributed by atoms with van der Waals surface area (Å²) in [5, 5.41) is 3.05. The van der Waals surface area contributed by atoms with Gasteiger partial charge in [0.15, 0.2) is 0 Å². The molecular weight excluding hydrogens is 356 g/mol. The summed E-state index contributed by atoms with van der Waals surface area (Å²) in [6.07, 6.45) is 1.80. The molecule has 1 saturated heterocycles. The van der Waals surface area contributed by atoms with Crippen LogP contribution in [0.2, 0.25) is 0 Å². The molecule has 2 aromatic carbocycles. The zero-order chi connectivity index (χ0) is 19.8. The maximum atomic E-state index is 12.7. The molecule has 0 atom stereocenters. The normalized spacial score (nSPS) is 14.4. The highest BCUT2D eigenvalue weighted by molar-refractivity contribution is 5.97. The van der Waals surface area contributed by atoms with Gasteiger partial charge in [-0.25, -0.2) is 0 Å². The van der Waals surface area contributed by atoms with Crippen LogP contribution in [-0.4, -0.2) is 49.6 Å². The van der Waals surface area contributed by atoms with Gasteiger partial charge in [-0.1, -0.05) is 30.3 Å². The Bertz CT molecular complexity index is 786. The van der Waals surface area contributed by atoms with Crippen molar-refractivity contribution in [3.8, 4) is 11.5 Å². The second kappa shape index (κ2) is 9.78. The molecule has 28 heavy (non-hydrogen) atoms. The first-order valence-electron chi connectivity index (χ1n) is 9.57. The summed E-state index contributed by atoms with van der Waals surface area (Å²) in [5.41, 5.74) is 0.575. The van der Waals surface area contributed by atoms with Gasteiger partial charge in [0.05, 0.1) is 25.7 Å². The standard InChI is InChI=1S/C22H26N2O4/c1-27-20-10-6-5-9-19(20)22(26)24-14-11-17(12-15-24)23-21(25)13-16-28-18-7-3-2-4-8-18/h2-10,17H,11-16H2,1H3,(H,23,25). The van der Waals surface area contributed by atoms with Crippen molar-refractivity contribution in [1.29, 1.82) is 0 Å². The molecule has 0 radical (unpaired) electrons. The lowest BCUT2D eigenvalue weighted by molar-refractivity contribution is -0.122. The molecule has 0 unspecified atom stereocenters. The average Bonchev–Trinajstić information content (AvgIpc) is 2.74. The average molecular weight is 382 g/mol. The first kappa shape index (κ1) is 19.7. The summed E-state index contributed by atoms with van der Waals surface area (Å²) in [7, 11) is 1.56. The maximum Gasteiger partial charge on any atom is 0.257 e. The molecule has 6 nitrogen and oxygen atoms in total. The number of amides is 2. The van der Waals surface area contributed by atoms with E-state index >= 15 is 0 Å². The topological polar surface area (TPSA) is 67.9 Å². The van der Waals surface area contributed by atoms with E-state index in [-0.39, 0.29) is 17.9 Å². The van der Waals surface area contributed by atoms with Gasteiger partial charge >= 0.3 is 0 Å². The predicted molar refractivity (Wildman–Crippen MR) is 107 cm³/mol. The smallest absolute Gasteiger partial charge is 0.257 e. The summed E-state index contributed by atoms with van der Waals surface area (Å²) < 4.78 is 10.8. The first-order chi connectivity index (χ1) is 13.7. The molecule has 3 rings (SSSR count). The lowest BCUT2D eigenvalue weighted by atomic mass is 10.0. The van der Waals surface area contributed by atoms with E-state index < -0.39 is 0 Å². The van der Waals surface area contributed by atoms with Crippen LogP contribution in [0.3, 0.4) is 0 Å². The van der Waals surface area contributed by atoms with Crippen molar-refractivity contribution >= 4 is 11.8 Å². The molecule has 1 heterocycles. The Balaban J connectivity index is 1.41. The van der Waals surface area contributed by atoms with E-state index in [1.165, 1.54) is 0 Å². The van der Waals surface area contributed by atoms with Crippen LogP contribution in [0.15, 0.2) is 54.6 Å². The highest BCUT2D eigenvalue weighted by Crippen LogP contribution is 2.21. The van der Waals surface area contributed by atoms with Crippen LogP contribution in [0.4, 0.5) is 0 Å². The fourth-order valence-electron chi connectivity index (χ4n) is 3.30. The lowest BCUT2D eigenvalue weighted by Gasteiger charge is -2.32. The quantitative estimate of drug-likeness (QED) is 0.800. The van der Waals surface area contributed by atoms with Crippen LogP contribution in [0, 0.1) is 0 Å². The van der Waals surface area contributed by atoms with Gasteiger partial charge < -0.3 is 19.7 Å². The fraction of sp³-hybridized carbons (Fsp3) is 0.364. The number of carbonyl (C=O) groups excluding carboxylic acids is 2. The Hall–Kier alpha value is -3.02. The van der Waals surface area contributed by atoms with E-state index in [1.54, 1.807) is 19.2 Å². The minimum Gasteiger partial charge on any atom is -0.496 e. The van der Waals surface area contributed by atoms with Crippen molar-refractivity contribution in [3.05, 3.63) is 60.2 Å². The van der Waals surface area contributed by atoms with Crippen LogP contribution in [0.1, 0.15) is 29.6 Å². The molecule has 1 fully saturated rings. The minimum absolute atomic E-state index is 0.0227. The number of likely N-dealkylation sites (tertiary alicyclic amines) is 1. The van der Waals surface area contributed by atoms with Crippen molar-refractivity contribution < 1.29 is 19.1 Å². The van der Waals surface area contributed by atoms with Crippen LogP contribution >= 0.6 is 0 Å². The van der Waals surface area contributed by atoms with Gasteiger partial charge in [0.1, 0.15) is 11.5 Å².